The van der Waals surface area contributed by atoms with E-state index in [9.17, 15) is 18.8 Å². The molecule has 0 fully saturated rings. The summed E-state index contributed by atoms with van der Waals surface area (Å²) < 4.78 is 32.4. The molecule has 4 nitrogen and oxygen atoms in total. The lowest BCUT2D eigenvalue weighted by atomic mass is 10.1. The Labute approximate surface area is 160 Å². The molecule has 3 rings (SSSR count). The molecule has 1 N–H and O–H groups in total. The van der Waals surface area contributed by atoms with Crippen LogP contribution in [-0.2, 0) is 4.79 Å². The van der Waals surface area contributed by atoms with E-state index < -0.39 is 17.5 Å². The van der Waals surface area contributed by atoms with Gasteiger partial charge in [-0.15, -0.1) is 0 Å². The number of benzene rings is 2. The summed E-state index contributed by atoms with van der Waals surface area (Å²) in [5.74, 6) is -1.68. The lowest BCUT2D eigenvalue weighted by molar-refractivity contribution is -0.112. The van der Waals surface area contributed by atoms with Gasteiger partial charge in [0.05, 0.1) is 5.56 Å². The van der Waals surface area contributed by atoms with Crippen LogP contribution < -0.4 is 5.32 Å². The second kappa shape index (κ2) is 7.89. The maximum absolute atomic E-state index is 13.9. The van der Waals surface area contributed by atoms with Gasteiger partial charge >= 0.3 is 0 Å². The van der Waals surface area contributed by atoms with Crippen molar-refractivity contribution < 1.29 is 18.0 Å². The first kappa shape index (κ1) is 19.1. The van der Waals surface area contributed by atoms with Crippen molar-refractivity contribution in [3.63, 3.8) is 0 Å². The van der Waals surface area contributed by atoms with Gasteiger partial charge in [0.15, 0.2) is 0 Å². The Morgan fingerprint density at radius 1 is 1.07 bits per heavy atom. The van der Waals surface area contributed by atoms with E-state index in [2.05, 4.69) is 5.32 Å². The quantitative estimate of drug-likeness (QED) is 0.489. The normalized spacial score (nSPS) is 11.2. The lowest BCUT2D eigenvalue weighted by Crippen LogP contribution is -2.13. The number of carbonyl (C=O) groups excluding carboxylic acids is 1. The first-order valence-corrected chi connectivity index (χ1v) is 8.43. The minimum absolute atomic E-state index is 0.0825. The van der Waals surface area contributed by atoms with Gasteiger partial charge in [-0.2, -0.15) is 5.26 Å². The highest BCUT2D eigenvalue weighted by atomic mass is 19.1. The maximum atomic E-state index is 13.9. The molecular formula is C22H16F2N2O2. The number of hydrogen-bond acceptors (Lipinski definition) is 3. The summed E-state index contributed by atoms with van der Waals surface area (Å²) in [7, 11) is 0. The fourth-order valence-corrected chi connectivity index (χ4v) is 2.57. The van der Waals surface area contributed by atoms with Crippen molar-refractivity contribution in [1.29, 1.82) is 5.26 Å². The molecule has 6 heteroatoms. The van der Waals surface area contributed by atoms with Crippen LogP contribution in [-0.4, -0.2) is 5.91 Å². The Hall–Kier alpha value is -3.72. The summed E-state index contributed by atoms with van der Waals surface area (Å²) in [5, 5.41) is 12.0. The van der Waals surface area contributed by atoms with Gasteiger partial charge < -0.3 is 9.73 Å². The molecule has 140 valence electrons. The number of nitrogens with one attached hydrogen (secondary N) is 1. The molecule has 0 aliphatic carbocycles. The first-order chi connectivity index (χ1) is 13.4. The SMILES string of the molecule is Cc1ccc(NC(=O)/C(C#N)=C/c2ccc(-c3ccc(F)cc3F)o2)cc1C. The van der Waals surface area contributed by atoms with Crippen molar-refractivity contribution in [2.45, 2.75) is 13.8 Å². The van der Waals surface area contributed by atoms with Crippen LogP contribution in [0.15, 0.2) is 58.5 Å². The number of anilines is 1. The third-order valence-electron chi connectivity index (χ3n) is 4.24. The Balaban J connectivity index is 1.82. The number of amides is 1. The molecule has 1 heterocycles. The van der Waals surface area contributed by atoms with Crippen molar-refractivity contribution in [1.82, 2.24) is 0 Å². The molecule has 3 aromatic rings. The van der Waals surface area contributed by atoms with Gasteiger partial charge in [0.25, 0.3) is 5.91 Å². The van der Waals surface area contributed by atoms with E-state index in [1.807, 2.05) is 32.0 Å². The molecule has 0 aliphatic heterocycles. The van der Waals surface area contributed by atoms with E-state index in [0.29, 0.717) is 5.69 Å². The molecule has 1 amide bonds. The topological polar surface area (TPSA) is 66.0 Å². The summed E-state index contributed by atoms with van der Waals surface area (Å²) in [6.07, 6.45) is 1.27. The van der Waals surface area contributed by atoms with Gasteiger partial charge in [-0.05, 0) is 61.4 Å². The van der Waals surface area contributed by atoms with Crippen LogP contribution in [0.2, 0.25) is 0 Å². The predicted octanol–water partition coefficient (Wildman–Crippen LogP) is 5.39. The Kier molecular flexibility index (Phi) is 5.37. The molecule has 0 saturated heterocycles. The van der Waals surface area contributed by atoms with Gasteiger partial charge in [0, 0.05) is 17.8 Å². The molecule has 1 aromatic heterocycles. The largest absolute Gasteiger partial charge is 0.457 e. The number of hydrogen-bond donors (Lipinski definition) is 1. The van der Waals surface area contributed by atoms with E-state index in [4.69, 9.17) is 4.42 Å². The number of nitriles is 1. The average molecular weight is 378 g/mol. The summed E-state index contributed by atoms with van der Waals surface area (Å²) in [6.45, 7) is 3.88. The zero-order valence-corrected chi connectivity index (χ0v) is 15.2. The number of halogens is 2. The number of furan rings is 1. The smallest absolute Gasteiger partial charge is 0.266 e. The molecule has 0 spiro atoms. The second-order valence-corrected chi connectivity index (χ2v) is 6.25. The van der Waals surface area contributed by atoms with Gasteiger partial charge in [-0.3, -0.25) is 4.79 Å². The van der Waals surface area contributed by atoms with Crippen LogP contribution in [0.1, 0.15) is 16.9 Å². The van der Waals surface area contributed by atoms with Crippen molar-refractivity contribution in [3.8, 4) is 17.4 Å². The van der Waals surface area contributed by atoms with E-state index in [1.54, 1.807) is 6.07 Å². The fraction of sp³-hybridized carbons (Fsp3) is 0.0909. The van der Waals surface area contributed by atoms with Crippen LogP contribution in [0.5, 0.6) is 0 Å². The van der Waals surface area contributed by atoms with Crippen LogP contribution in [0.25, 0.3) is 17.4 Å². The summed E-state index contributed by atoms with van der Waals surface area (Å²) in [5.41, 5.74) is 2.59. The molecule has 2 aromatic carbocycles. The lowest BCUT2D eigenvalue weighted by Gasteiger charge is -2.06. The van der Waals surface area contributed by atoms with Gasteiger partial charge in [-0.25, -0.2) is 8.78 Å². The second-order valence-electron chi connectivity index (χ2n) is 6.25. The highest BCUT2D eigenvalue weighted by Gasteiger charge is 2.13. The van der Waals surface area contributed by atoms with Crippen LogP contribution in [0.4, 0.5) is 14.5 Å². The molecule has 0 atom stereocenters. The monoisotopic (exact) mass is 378 g/mol. The van der Waals surface area contributed by atoms with Crippen molar-refractivity contribution in [2.24, 2.45) is 0 Å². The number of nitrogens with zero attached hydrogens (tertiary/aromatic N) is 1. The molecule has 0 unspecified atom stereocenters. The summed E-state index contributed by atoms with van der Waals surface area (Å²) in [6, 6.07) is 13.4. The molecule has 28 heavy (non-hydrogen) atoms. The van der Waals surface area contributed by atoms with Gasteiger partial charge in [0.2, 0.25) is 0 Å². The number of aryl methyl sites for hydroxylation is 2. The van der Waals surface area contributed by atoms with Crippen LogP contribution >= 0.6 is 0 Å². The molecule has 0 bridgehead atoms. The minimum Gasteiger partial charge on any atom is -0.457 e. The minimum atomic E-state index is -0.766. The Bertz CT molecular complexity index is 1120. The highest BCUT2D eigenvalue weighted by Crippen LogP contribution is 2.26. The molecular weight excluding hydrogens is 362 g/mol. The fourth-order valence-electron chi connectivity index (χ4n) is 2.57. The molecule has 0 aliphatic rings. The molecule has 0 radical (unpaired) electrons. The zero-order valence-electron chi connectivity index (χ0n) is 15.2. The van der Waals surface area contributed by atoms with E-state index in [-0.39, 0.29) is 22.7 Å². The standard InChI is InChI=1S/C22H16F2N2O2/c1-13-3-5-17(9-14(13)2)26-22(27)15(12-25)10-18-6-8-21(28-18)19-7-4-16(23)11-20(19)24/h3-11H,1-2H3,(H,26,27)/b15-10+. The van der Waals surface area contributed by atoms with Gasteiger partial charge in [0.1, 0.15) is 34.8 Å². The van der Waals surface area contributed by atoms with E-state index in [0.717, 1.165) is 23.3 Å². The third kappa shape index (κ3) is 4.15. The summed E-state index contributed by atoms with van der Waals surface area (Å²) in [4.78, 5) is 12.4. The predicted molar refractivity (Wildman–Crippen MR) is 102 cm³/mol. The van der Waals surface area contributed by atoms with Crippen molar-refractivity contribution in [3.05, 3.63) is 82.6 Å². The Morgan fingerprint density at radius 2 is 1.86 bits per heavy atom. The van der Waals surface area contributed by atoms with Crippen LogP contribution in [0.3, 0.4) is 0 Å². The van der Waals surface area contributed by atoms with Crippen LogP contribution in [0, 0.1) is 36.8 Å². The number of rotatable bonds is 4. The molecule has 0 saturated carbocycles. The average Bonchev–Trinajstić information content (AvgIpc) is 3.11. The van der Waals surface area contributed by atoms with E-state index >= 15 is 0 Å². The van der Waals surface area contributed by atoms with E-state index in [1.165, 1.54) is 24.3 Å². The van der Waals surface area contributed by atoms with Gasteiger partial charge in [-0.1, -0.05) is 6.07 Å². The third-order valence-corrected chi connectivity index (χ3v) is 4.24. The maximum Gasteiger partial charge on any atom is 0.266 e. The van der Waals surface area contributed by atoms with Crippen molar-refractivity contribution >= 4 is 17.7 Å². The Morgan fingerprint density at radius 3 is 2.54 bits per heavy atom. The zero-order chi connectivity index (χ0) is 20.3. The van der Waals surface area contributed by atoms with Crippen molar-refractivity contribution in [2.75, 3.05) is 5.32 Å². The first-order valence-electron chi connectivity index (χ1n) is 8.43. The summed E-state index contributed by atoms with van der Waals surface area (Å²) >= 11 is 0. The number of carbonyl (C=O) groups is 1. The highest BCUT2D eigenvalue weighted by molar-refractivity contribution is 6.09.